The molecule has 0 radical (unpaired) electrons. The number of anilines is 1. The quantitative estimate of drug-likeness (QED) is 0.731. The van der Waals surface area contributed by atoms with Crippen molar-refractivity contribution in [2.24, 2.45) is 5.92 Å². The van der Waals surface area contributed by atoms with Gasteiger partial charge in [0.15, 0.2) is 0 Å². The van der Waals surface area contributed by atoms with Gasteiger partial charge in [-0.15, -0.1) is 0 Å². The molecule has 0 heterocycles. The first-order valence-electron chi connectivity index (χ1n) is 6.99. The molecule has 0 atom stereocenters. The molecule has 1 saturated carbocycles. The normalized spacial score (nSPS) is 16.9. The Morgan fingerprint density at radius 3 is 2.61 bits per heavy atom. The third-order valence-corrected chi connectivity index (χ3v) is 3.55. The lowest BCUT2D eigenvalue weighted by Crippen LogP contribution is -2.05. The molecule has 0 bridgehead atoms. The molecule has 1 aromatic rings. The van der Waals surface area contributed by atoms with Gasteiger partial charge < -0.3 is 5.32 Å². The van der Waals surface area contributed by atoms with Crippen LogP contribution in [0.25, 0.3) is 0 Å². The van der Waals surface area contributed by atoms with Crippen LogP contribution >= 0.6 is 0 Å². The van der Waals surface area contributed by atoms with Gasteiger partial charge in [0.25, 0.3) is 0 Å². The van der Waals surface area contributed by atoms with Gasteiger partial charge in [0, 0.05) is 12.2 Å². The molecule has 1 N–H and O–H groups in total. The average Bonchev–Trinajstić information content (AvgIpc) is 2.45. The van der Waals surface area contributed by atoms with E-state index in [2.05, 4.69) is 36.2 Å². The topological polar surface area (TPSA) is 12.0 Å². The smallest absolute Gasteiger partial charge is 0.0394 e. The van der Waals surface area contributed by atoms with Crippen LogP contribution < -0.4 is 5.32 Å². The van der Waals surface area contributed by atoms with E-state index in [0.717, 1.165) is 23.7 Å². The highest BCUT2D eigenvalue weighted by molar-refractivity contribution is 5.44. The van der Waals surface area contributed by atoms with E-state index in [1.807, 2.05) is 18.2 Å². The van der Waals surface area contributed by atoms with Crippen molar-refractivity contribution in [3.63, 3.8) is 0 Å². The lowest BCUT2D eigenvalue weighted by atomic mass is 9.89. The van der Waals surface area contributed by atoms with Gasteiger partial charge in [-0.2, -0.15) is 0 Å². The number of nitrogens with one attached hydrogen (secondary N) is 1. The highest BCUT2D eigenvalue weighted by Crippen LogP contribution is 2.24. The minimum atomic E-state index is 0.784. The average molecular weight is 241 g/mol. The van der Waals surface area contributed by atoms with E-state index in [4.69, 9.17) is 0 Å². The maximum Gasteiger partial charge on any atom is 0.0394 e. The fourth-order valence-electron chi connectivity index (χ4n) is 2.43. The van der Waals surface area contributed by atoms with Crippen molar-refractivity contribution in [2.45, 2.75) is 32.1 Å². The summed E-state index contributed by atoms with van der Waals surface area (Å²) in [5.74, 6) is 0.784. The van der Waals surface area contributed by atoms with Crippen LogP contribution in [0.4, 0.5) is 5.69 Å². The zero-order chi connectivity index (χ0) is 12.6. The Bertz CT molecular complexity index is 385. The second-order valence-corrected chi connectivity index (χ2v) is 5.14. The molecule has 2 rings (SSSR count). The Hall–Kier alpha value is -1.50. The molecule has 1 nitrogen and oxygen atoms in total. The number of benzene rings is 1. The monoisotopic (exact) mass is 241 g/mol. The van der Waals surface area contributed by atoms with E-state index in [1.165, 1.54) is 32.1 Å². The van der Waals surface area contributed by atoms with Gasteiger partial charge in [-0.05, 0) is 36.5 Å². The SMILES string of the molecule is C=C(C=CC1CCCCC1)CNc1ccccc1. The summed E-state index contributed by atoms with van der Waals surface area (Å²) < 4.78 is 0. The van der Waals surface area contributed by atoms with E-state index in [9.17, 15) is 0 Å². The second-order valence-electron chi connectivity index (χ2n) is 5.14. The van der Waals surface area contributed by atoms with E-state index in [0.29, 0.717) is 0 Å². The van der Waals surface area contributed by atoms with E-state index in [1.54, 1.807) is 0 Å². The fraction of sp³-hybridized carbons (Fsp3) is 0.412. The molecule has 0 spiro atoms. The summed E-state index contributed by atoms with van der Waals surface area (Å²) in [6.07, 6.45) is 11.5. The van der Waals surface area contributed by atoms with Crippen LogP contribution in [0.15, 0.2) is 54.6 Å². The number of hydrogen-bond acceptors (Lipinski definition) is 1. The van der Waals surface area contributed by atoms with Crippen molar-refractivity contribution >= 4 is 5.69 Å². The third kappa shape index (κ3) is 4.40. The highest BCUT2D eigenvalue weighted by atomic mass is 14.9. The van der Waals surface area contributed by atoms with E-state index < -0.39 is 0 Å². The number of hydrogen-bond donors (Lipinski definition) is 1. The first-order chi connectivity index (χ1) is 8.84. The first kappa shape index (κ1) is 12.9. The lowest BCUT2D eigenvalue weighted by molar-refractivity contribution is 0.419. The summed E-state index contributed by atoms with van der Waals surface area (Å²) >= 11 is 0. The van der Waals surface area contributed by atoms with Gasteiger partial charge in [-0.25, -0.2) is 0 Å². The fourth-order valence-corrected chi connectivity index (χ4v) is 2.43. The summed E-state index contributed by atoms with van der Waals surface area (Å²) in [4.78, 5) is 0. The lowest BCUT2D eigenvalue weighted by Gasteiger charge is -2.17. The van der Waals surface area contributed by atoms with Crippen molar-refractivity contribution in [3.8, 4) is 0 Å². The summed E-state index contributed by atoms with van der Waals surface area (Å²) in [6, 6.07) is 10.3. The van der Waals surface area contributed by atoms with Crippen LogP contribution in [-0.2, 0) is 0 Å². The molecule has 1 fully saturated rings. The van der Waals surface area contributed by atoms with E-state index >= 15 is 0 Å². The molecule has 18 heavy (non-hydrogen) atoms. The molecule has 0 amide bonds. The Balaban J connectivity index is 1.73. The second kappa shape index (κ2) is 7.05. The Morgan fingerprint density at radius 2 is 1.89 bits per heavy atom. The standard InChI is InChI=1S/C17H23N/c1-15(12-13-16-8-4-2-5-9-16)14-18-17-10-6-3-7-11-17/h3,6-7,10-13,16,18H,1-2,4-5,8-9,14H2. The number of para-hydroxylation sites is 1. The van der Waals surface area contributed by atoms with Crippen molar-refractivity contribution in [2.75, 3.05) is 11.9 Å². The molecule has 96 valence electrons. The highest BCUT2D eigenvalue weighted by Gasteiger charge is 2.09. The molecule has 0 aliphatic heterocycles. The minimum Gasteiger partial charge on any atom is -0.381 e. The van der Waals surface area contributed by atoms with Crippen molar-refractivity contribution in [1.29, 1.82) is 0 Å². The minimum absolute atomic E-state index is 0.784. The van der Waals surface area contributed by atoms with Gasteiger partial charge in [-0.1, -0.05) is 56.2 Å². The summed E-state index contributed by atoms with van der Waals surface area (Å²) in [5, 5.41) is 3.38. The largest absolute Gasteiger partial charge is 0.381 e. The Labute approximate surface area is 111 Å². The zero-order valence-corrected chi connectivity index (χ0v) is 11.1. The predicted molar refractivity (Wildman–Crippen MR) is 79.8 cm³/mol. The van der Waals surface area contributed by atoms with Gasteiger partial charge in [0.1, 0.15) is 0 Å². The van der Waals surface area contributed by atoms with Crippen molar-refractivity contribution in [3.05, 3.63) is 54.6 Å². The van der Waals surface area contributed by atoms with Crippen LogP contribution in [0.1, 0.15) is 32.1 Å². The van der Waals surface area contributed by atoms with Gasteiger partial charge >= 0.3 is 0 Å². The molecule has 0 saturated heterocycles. The Morgan fingerprint density at radius 1 is 1.17 bits per heavy atom. The molecule has 1 aliphatic rings. The molecule has 1 heteroatoms. The molecular weight excluding hydrogens is 218 g/mol. The maximum atomic E-state index is 4.10. The molecule has 0 unspecified atom stereocenters. The molecular formula is C17H23N. The number of rotatable bonds is 5. The van der Waals surface area contributed by atoms with Gasteiger partial charge in [0.2, 0.25) is 0 Å². The van der Waals surface area contributed by atoms with Crippen LogP contribution in [0.3, 0.4) is 0 Å². The van der Waals surface area contributed by atoms with Gasteiger partial charge in [0.05, 0.1) is 0 Å². The number of allylic oxidation sites excluding steroid dienone is 1. The van der Waals surface area contributed by atoms with Crippen LogP contribution in [0.5, 0.6) is 0 Å². The summed E-state index contributed by atoms with van der Waals surface area (Å²) in [5.41, 5.74) is 2.31. The third-order valence-electron chi connectivity index (χ3n) is 3.55. The summed E-state index contributed by atoms with van der Waals surface area (Å²) in [6.45, 7) is 4.93. The molecule has 1 aromatic carbocycles. The molecule has 0 aromatic heterocycles. The van der Waals surface area contributed by atoms with Crippen LogP contribution in [0.2, 0.25) is 0 Å². The maximum absolute atomic E-state index is 4.10. The summed E-state index contributed by atoms with van der Waals surface area (Å²) in [7, 11) is 0. The Kier molecular flexibility index (Phi) is 5.07. The van der Waals surface area contributed by atoms with Crippen LogP contribution in [-0.4, -0.2) is 6.54 Å². The van der Waals surface area contributed by atoms with Crippen LogP contribution in [0, 0.1) is 5.92 Å². The van der Waals surface area contributed by atoms with Crippen molar-refractivity contribution < 1.29 is 0 Å². The van der Waals surface area contributed by atoms with Gasteiger partial charge in [-0.3, -0.25) is 0 Å². The molecule has 1 aliphatic carbocycles. The predicted octanol–water partition coefficient (Wildman–Crippen LogP) is 4.79. The first-order valence-corrected chi connectivity index (χ1v) is 6.99. The van der Waals surface area contributed by atoms with Crippen molar-refractivity contribution in [1.82, 2.24) is 0 Å². The zero-order valence-electron chi connectivity index (χ0n) is 11.1. The van der Waals surface area contributed by atoms with E-state index in [-0.39, 0.29) is 0 Å².